The van der Waals surface area contributed by atoms with Crippen molar-refractivity contribution < 1.29 is 4.92 Å². The van der Waals surface area contributed by atoms with Gasteiger partial charge < -0.3 is 10.2 Å². The van der Waals surface area contributed by atoms with Crippen LogP contribution in [0, 0.1) is 27.4 Å². The molecule has 1 heterocycles. The first-order valence-electron chi connectivity index (χ1n) is 7.84. The van der Waals surface area contributed by atoms with Gasteiger partial charge in [-0.2, -0.15) is 5.26 Å². The molecule has 0 unspecified atom stereocenters. The number of nitro benzene ring substituents is 1. The molecule has 22 heavy (non-hydrogen) atoms. The molecule has 1 aromatic rings. The summed E-state index contributed by atoms with van der Waals surface area (Å²) < 4.78 is 0. The zero-order valence-corrected chi connectivity index (χ0v) is 12.5. The standard InChI is InChI=1S/C16H20N4O2/c17-10-13-3-4-15(9-16(13)20(21)22)19-7-5-14(6-8-19)18-11-12-1-2-12/h3-4,9,12,14,18H,1-2,5-8,11H2. The van der Waals surface area contributed by atoms with Crippen molar-refractivity contribution in [1.82, 2.24) is 5.32 Å². The van der Waals surface area contributed by atoms with Crippen LogP contribution in [-0.4, -0.2) is 30.6 Å². The van der Waals surface area contributed by atoms with Crippen molar-refractivity contribution in [1.29, 1.82) is 5.26 Å². The van der Waals surface area contributed by atoms with Gasteiger partial charge in [0.2, 0.25) is 0 Å². The molecule has 116 valence electrons. The highest BCUT2D eigenvalue weighted by Crippen LogP contribution is 2.29. The molecular weight excluding hydrogens is 280 g/mol. The first-order chi connectivity index (χ1) is 10.7. The minimum Gasteiger partial charge on any atom is -0.371 e. The highest BCUT2D eigenvalue weighted by molar-refractivity contribution is 5.60. The smallest absolute Gasteiger partial charge is 0.289 e. The lowest BCUT2D eigenvalue weighted by Crippen LogP contribution is -2.43. The number of hydrogen-bond acceptors (Lipinski definition) is 5. The predicted molar refractivity (Wildman–Crippen MR) is 83.8 cm³/mol. The molecule has 0 bridgehead atoms. The first-order valence-corrected chi connectivity index (χ1v) is 7.84. The molecule has 2 aliphatic rings. The summed E-state index contributed by atoms with van der Waals surface area (Å²) in [6.07, 6.45) is 4.84. The van der Waals surface area contributed by atoms with Crippen LogP contribution in [0.15, 0.2) is 18.2 Å². The van der Waals surface area contributed by atoms with Crippen LogP contribution in [0.3, 0.4) is 0 Å². The third kappa shape index (κ3) is 3.37. The van der Waals surface area contributed by atoms with E-state index < -0.39 is 4.92 Å². The highest BCUT2D eigenvalue weighted by Gasteiger charge is 2.25. The van der Waals surface area contributed by atoms with Gasteiger partial charge in [0.25, 0.3) is 5.69 Å². The van der Waals surface area contributed by atoms with E-state index in [9.17, 15) is 10.1 Å². The quantitative estimate of drug-likeness (QED) is 0.667. The molecule has 6 heteroatoms. The van der Waals surface area contributed by atoms with Crippen LogP contribution in [0.25, 0.3) is 0 Å². The van der Waals surface area contributed by atoms with Crippen molar-refractivity contribution in [3.63, 3.8) is 0 Å². The number of rotatable bonds is 5. The molecule has 2 fully saturated rings. The average Bonchev–Trinajstić information content (AvgIpc) is 3.37. The maximum absolute atomic E-state index is 11.0. The van der Waals surface area contributed by atoms with Crippen molar-refractivity contribution in [3.05, 3.63) is 33.9 Å². The van der Waals surface area contributed by atoms with Crippen LogP contribution in [0.4, 0.5) is 11.4 Å². The second-order valence-electron chi connectivity index (χ2n) is 6.18. The number of hydrogen-bond donors (Lipinski definition) is 1. The van der Waals surface area contributed by atoms with Crippen molar-refractivity contribution in [3.8, 4) is 6.07 Å². The number of nitrogens with zero attached hydrogens (tertiary/aromatic N) is 3. The molecule has 1 aromatic carbocycles. The number of anilines is 1. The van der Waals surface area contributed by atoms with E-state index in [1.807, 2.05) is 12.1 Å². The molecule has 6 nitrogen and oxygen atoms in total. The van der Waals surface area contributed by atoms with Gasteiger partial charge in [-0.1, -0.05) is 0 Å². The average molecular weight is 300 g/mol. The van der Waals surface area contributed by atoms with Gasteiger partial charge in [-0.05, 0) is 50.3 Å². The Morgan fingerprint density at radius 1 is 1.32 bits per heavy atom. The van der Waals surface area contributed by atoms with E-state index >= 15 is 0 Å². The number of nitro groups is 1. The number of nitrogens with one attached hydrogen (secondary N) is 1. The minimum absolute atomic E-state index is 0.103. The molecule has 0 amide bonds. The Balaban J connectivity index is 1.61. The molecule has 1 saturated carbocycles. The molecule has 1 saturated heterocycles. The summed E-state index contributed by atoms with van der Waals surface area (Å²) in [7, 11) is 0. The minimum atomic E-state index is -0.480. The molecule has 1 N–H and O–H groups in total. The fourth-order valence-corrected chi connectivity index (χ4v) is 2.96. The van der Waals surface area contributed by atoms with E-state index in [0.29, 0.717) is 6.04 Å². The number of nitriles is 1. The van der Waals surface area contributed by atoms with Crippen molar-refractivity contribution in [2.45, 2.75) is 31.7 Å². The van der Waals surface area contributed by atoms with E-state index in [1.165, 1.54) is 18.9 Å². The Labute approximate surface area is 129 Å². The summed E-state index contributed by atoms with van der Waals surface area (Å²) in [5, 5.41) is 23.6. The predicted octanol–water partition coefficient (Wildman–Crippen LogP) is 2.43. The van der Waals surface area contributed by atoms with Gasteiger partial charge >= 0.3 is 0 Å². The normalized spacial score (nSPS) is 19.0. The van der Waals surface area contributed by atoms with Crippen LogP contribution >= 0.6 is 0 Å². The van der Waals surface area contributed by atoms with E-state index in [4.69, 9.17) is 5.26 Å². The Bertz CT molecular complexity index is 599. The lowest BCUT2D eigenvalue weighted by molar-refractivity contribution is -0.385. The van der Waals surface area contributed by atoms with Gasteiger partial charge in [-0.3, -0.25) is 10.1 Å². The van der Waals surface area contributed by atoms with Gasteiger partial charge in [0.15, 0.2) is 0 Å². The van der Waals surface area contributed by atoms with E-state index in [2.05, 4.69) is 10.2 Å². The zero-order chi connectivity index (χ0) is 15.5. The Kier molecular flexibility index (Phi) is 4.25. The van der Waals surface area contributed by atoms with Gasteiger partial charge in [0, 0.05) is 30.9 Å². The molecular formula is C16H20N4O2. The van der Waals surface area contributed by atoms with Crippen LogP contribution in [-0.2, 0) is 0 Å². The van der Waals surface area contributed by atoms with Crippen molar-refractivity contribution >= 4 is 11.4 Å². The van der Waals surface area contributed by atoms with Gasteiger partial charge in [-0.15, -0.1) is 0 Å². The number of benzene rings is 1. The van der Waals surface area contributed by atoms with Crippen molar-refractivity contribution in [2.75, 3.05) is 24.5 Å². The Morgan fingerprint density at radius 2 is 2.05 bits per heavy atom. The van der Waals surface area contributed by atoms with E-state index in [1.54, 1.807) is 6.07 Å². The second kappa shape index (κ2) is 6.32. The third-order valence-electron chi connectivity index (χ3n) is 4.55. The second-order valence-corrected chi connectivity index (χ2v) is 6.18. The molecule has 0 radical (unpaired) electrons. The maximum Gasteiger partial charge on any atom is 0.289 e. The fourth-order valence-electron chi connectivity index (χ4n) is 2.96. The van der Waals surface area contributed by atoms with Crippen molar-refractivity contribution in [2.24, 2.45) is 5.92 Å². The van der Waals surface area contributed by atoms with Gasteiger partial charge in [-0.25, -0.2) is 0 Å². The molecule has 0 aromatic heterocycles. The molecule has 3 rings (SSSR count). The fraction of sp³-hybridized carbons (Fsp3) is 0.562. The summed E-state index contributed by atoms with van der Waals surface area (Å²) in [5.41, 5.74) is 0.857. The summed E-state index contributed by atoms with van der Waals surface area (Å²) in [5.74, 6) is 0.888. The summed E-state index contributed by atoms with van der Waals surface area (Å²) >= 11 is 0. The van der Waals surface area contributed by atoms with Crippen LogP contribution < -0.4 is 10.2 Å². The zero-order valence-electron chi connectivity index (χ0n) is 12.5. The van der Waals surface area contributed by atoms with Crippen LogP contribution in [0.1, 0.15) is 31.2 Å². The van der Waals surface area contributed by atoms with E-state index in [-0.39, 0.29) is 11.3 Å². The lowest BCUT2D eigenvalue weighted by Gasteiger charge is -2.34. The van der Waals surface area contributed by atoms with Gasteiger partial charge in [0.1, 0.15) is 11.6 Å². The number of piperidine rings is 1. The first kappa shape index (κ1) is 14.8. The summed E-state index contributed by atoms with van der Waals surface area (Å²) in [6, 6.07) is 7.32. The largest absolute Gasteiger partial charge is 0.371 e. The van der Waals surface area contributed by atoms with Gasteiger partial charge in [0.05, 0.1) is 4.92 Å². The van der Waals surface area contributed by atoms with E-state index in [0.717, 1.165) is 44.1 Å². The molecule has 0 spiro atoms. The summed E-state index contributed by atoms with van der Waals surface area (Å²) in [4.78, 5) is 12.7. The molecule has 0 atom stereocenters. The SMILES string of the molecule is N#Cc1ccc(N2CCC(NCC3CC3)CC2)cc1[N+](=O)[O-]. The van der Waals surface area contributed by atoms with Crippen LogP contribution in [0.2, 0.25) is 0 Å². The topological polar surface area (TPSA) is 82.2 Å². The Hall–Kier alpha value is -2.13. The highest BCUT2D eigenvalue weighted by atomic mass is 16.6. The summed E-state index contributed by atoms with van der Waals surface area (Å²) in [6.45, 7) is 2.92. The molecule has 1 aliphatic carbocycles. The third-order valence-corrected chi connectivity index (χ3v) is 4.55. The monoisotopic (exact) mass is 300 g/mol. The molecule has 1 aliphatic heterocycles. The van der Waals surface area contributed by atoms with Crippen LogP contribution in [0.5, 0.6) is 0 Å². The Morgan fingerprint density at radius 3 is 2.64 bits per heavy atom. The lowest BCUT2D eigenvalue weighted by atomic mass is 10.0. The maximum atomic E-state index is 11.0.